The molecule has 0 unspecified atom stereocenters. The summed E-state index contributed by atoms with van der Waals surface area (Å²) in [6.07, 6.45) is 0. The van der Waals surface area contributed by atoms with Crippen LogP contribution in [0.15, 0.2) is 24.3 Å². The highest BCUT2D eigenvalue weighted by Gasteiger charge is 1.88. The van der Waals surface area contributed by atoms with E-state index < -0.39 is 0 Å². The SMILES string of the molecule is COc1ccc(NN)cc1.O. The van der Waals surface area contributed by atoms with Gasteiger partial charge in [-0.05, 0) is 24.3 Å². The first-order valence-electron chi connectivity index (χ1n) is 2.97. The van der Waals surface area contributed by atoms with Gasteiger partial charge in [-0.25, -0.2) is 0 Å². The minimum atomic E-state index is 0. The molecule has 4 heteroatoms. The number of rotatable bonds is 2. The van der Waals surface area contributed by atoms with E-state index in [9.17, 15) is 0 Å². The molecule has 0 aliphatic carbocycles. The van der Waals surface area contributed by atoms with Crippen LogP contribution in [0.2, 0.25) is 0 Å². The summed E-state index contributed by atoms with van der Waals surface area (Å²) in [7, 11) is 1.63. The van der Waals surface area contributed by atoms with E-state index in [1.807, 2.05) is 24.3 Å². The van der Waals surface area contributed by atoms with Crippen LogP contribution >= 0.6 is 0 Å². The predicted octanol–water partition coefficient (Wildman–Crippen LogP) is 0.156. The molecule has 1 aromatic carbocycles. The lowest BCUT2D eigenvalue weighted by molar-refractivity contribution is 0.415. The third kappa shape index (κ3) is 2.45. The average molecular weight is 156 g/mol. The number of benzene rings is 1. The summed E-state index contributed by atoms with van der Waals surface area (Å²) < 4.78 is 4.95. The first-order chi connectivity index (χ1) is 4.86. The molecule has 0 saturated carbocycles. The smallest absolute Gasteiger partial charge is 0.119 e. The van der Waals surface area contributed by atoms with Gasteiger partial charge in [-0.1, -0.05) is 0 Å². The molecule has 5 N–H and O–H groups in total. The molecule has 0 saturated heterocycles. The fourth-order valence-electron chi connectivity index (χ4n) is 0.687. The molecule has 0 aliphatic rings. The highest BCUT2D eigenvalue weighted by molar-refractivity contribution is 5.44. The fourth-order valence-corrected chi connectivity index (χ4v) is 0.687. The van der Waals surface area contributed by atoms with Crippen LogP contribution in [-0.2, 0) is 0 Å². The number of hydrogen-bond donors (Lipinski definition) is 2. The highest BCUT2D eigenvalue weighted by Crippen LogP contribution is 2.13. The van der Waals surface area contributed by atoms with E-state index in [0.29, 0.717) is 0 Å². The summed E-state index contributed by atoms with van der Waals surface area (Å²) in [6, 6.07) is 7.38. The van der Waals surface area contributed by atoms with Gasteiger partial charge in [0, 0.05) is 5.69 Å². The second-order valence-electron chi connectivity index (χ2n) is 1.87. The van der Waals surface area contributed by atoms with Gasteiger partial charge in [0.2, 0.25) is 0 Å². The molecule has 0 amide bonds. The minimum absolute atomic E-state index is 0. The van der Waals surface area contributed by atoms with Crippen LogP contribution in [0.5, 0.6) is 5.75 Å². The van der Waals surface area contributed by atoms with E-state index in [1.165, 1.54) is 0 Å². The predicted molar refractivity (Wildman–Crippen MR) is 44.4 cm³/mol. The fraction of sp³-hybridized carbons (Fsp3) is 0.143. The summed E-state index contributed by atoms with van der Waals surface area (Å²) in [5.74, 6) is 5.98. The number of nitrogens with one attached hydrogen (secondary N) is 1. The van der Waals surface area contributed by atoms with Gasteiger partial charge in [-0.3, -0.25) is 5.84 Å². The summed E-state index contributed by atoms with van der Waals surface area (Å²) >= 11 is 0. The number of hydrogen-bond acceptors (Lipinski definition) is 3. The zero-order valence-electron chi connectivity index (χ0n) is 6.29. The van der Waals surface area contributed by atoms with Crippen LogP contribution in [0.1, 0.15) is 0 Å². The van der Waals surface area contributed by atoms with E-state index in [2.05, 4.69) is 5.43 Å². The zero-order chi connectivity index (χ0) is 7.40. The van der Waals surface area contributed by atoms with Crippen molar-refractivity contribution >= 4 is 5.69 Å². The van der Waals surface area contributed by atoms with Crippen molar-refractivity contribution < 1.29 is 10.2 Å². The molecular weight excluding hydrogens is 144 g/mol. The Balaban J connectivity index is 0.000001000. The van der Waals surface area contributed by atoms with Crippen molar-refractivity contribution in [1.82, 2.24) is 0 Å². The second-order valence-corrected chi connectivity index (χ2v) is 1.87. The Morgan fingerprint density at radius 2 is 1.82 bits per heavy atom. The maximum atomic E-state index is 5.15. The lowest BCUT2D eigenvalue weighted by Crippen LogP contribution is -2.05. The van der Waals surface area contributed by atoms with Gasteiger partial charge in [0.15, 0.2) is 0 Å². The molecule has 4 nitrogen and oxygen atoms in total. The molecule has 0 aromatic heterocycles. The number of hydrazine groups is 1. The standard InChI is InChI=1S/C7H10N2O.H2O/c1-10-7-4-2-6(9-8)3-5-7;/h2-5,9H,8H2,1H3;1H2. The maximum Gasteiger partial charge on any atom is 0.119 e. The van der Waals surface area contributed by atoms with Crippen molar-refractivity contribution in [1.29, 1.82) is 0 Å². The van der Waals surface area contributed by atoms with E-state index in [1.54, 1.807) is 7.11 Å². The van der Waals surface area contributed by atoms with Crippen molar-refractivity contribution in [2.24, 2.45) is 5.84 Å². The molecule has 0 heterocycles. The van der Waals surface area contributed by atoms with Crippen LogP contribution in [-0.4, -0.2) is 12.6 Å². The Labute approximate surface area is 65.3 Å². The Bertz CT molecular complexity index is 175. The Kier molecular flexibility index (Phi) is 4.02. The van der Waals surface area contributed by atoms with Crippen molar-refractivity contribution in [2.75, 3.05) is 12.5 Å². The largest absolute Gasteiger partial charge is 0.497 e. The Morgan fingerprint density at radius 3 is 2.18 bits per heavy atom. The second kappa shape index (κ2) is 4.54. The van der Waals surface area contributed by atoms with E-state index in [4.69, 9.17) is 10.6 Å². The summed E-state index contributed by atoms with van der Waals surface area (Å²) in [5.41, 5.74) is 3.40. The van der Waals surface area contributed by atoms with Crippen molar-refractivity contribution in [3.05, 3.63) is 24.3 Å². The normalized spacial score (nSPS) is 8.18. The summed E-state index contributed by atoms with van der Waals surface area (Å²) in [4.78, 5) is 0. The van der Waals surface area contributed by atoms with Gasteiger partial charge in [-0.15, -0.1) is 0 Å². The number of anilines is 1. The molecule has 0 fully saturated rings. The monoisotopic (exact) mass is 156 g/mol. The summed E-state index contributed by atoms with van der Waals surface area (Å²) in [6.45, 7) is 0. The van der Waals surface area contributed by atoms with E-state index in [0.717, 1.165) is 11.4 Å². The maximum absolute atomic E-state index is 5.15. The van der Waals surface area contributed by atoms with Crippen LogP contribution in [0.4, 0.5) is 5.69 Å². The van der Waals surface area contributed by atoms with Crippen molar-refractivity contribution in [3.63, 3.8) is 0 Å². The first kappa shape index (κ1) is 9.74. The van der Waals surface area contributed by atoms with Gasteiger partial charge in [0.05, 0.1) is 7.11 Å². The average Bonchev–Trinajstić information content (AvgIpc) is 2.05. The van der Waals surface area contributed by atoms with Crippen molar-refractivity contribution in [2.45, 2.75) is 0 Å². The number of nitrogen functional groups attached to an aromatic ring is 1. The number of ether oxygens (including phenoxy) is 1. The molecule has 62 valence electrons. The van der Waals surface area contributed by atoms with Gasteiger partial charge in [-0.2, -0.15) is 0 Å². The third-order valence-corrected chi connectivity index (χ3v) is 1.26. The van der Waals surface area contributed by atoms with E-state index in [-0.39, 0.29) is 5.48 Å². The number of methoxy groups -OCH3 is 1. The first-order valence-corrected chi connectivity index (χ1v) is 2.97. The van der Waals surface area contributed by atoms with Gasteiger partial charge >= 0.3 is 0 Å². The number of nitrogens with two attached hydrogens (primary N) is 1. The zero-order valence-corrected chi connectivity index (χ0v) is 6.29. The van der Waals surface area contributed by atoms with Crippen LogP contribution in [0.25, 0.3) is 0 Å². The lowest BCUT2D eigenvalue weighted by Gasteiger charge is -2.00. The van der Waals surface area contributed by atoms with Gasteiger partial charge < -0.3 is 15.6 Å². The molecule has 0 atom stereocenters. The molecule has 0 radical (unpaired) electrons. The Morgan fingerprint density at radius 1 is 1.27 bits per heavy atom. The summed E-state index contributed by atoms with van der Waals surface area (Å²) in [5, 5.41) is 0. The molecule has 11 heavy (non-hydrogen) atoms. The van der Waals surface area contributed by atoms with E-state index >= 15 is 0 Å². The molecule has 1 aromatic rings. The molecule has 0 spiro atoms. The topological polar surface area (TPSA) is 78.8 Å². The Hall–Kier alpha value is -1.26. The molecular formula is C7H12N2O2. The van der Waals surface area contributed by atoms with Crippen molar-refractivity contribution in [3.8, 4) is 5.75 Å². The minimum Gasteiger partial charge on any atom is -0.497 e. The third-order valence-electron chi connectivity index (χ3n) is 1.26. The molecule has 0 aliphatic heterocycles. The van der Waals surface area contributed by atoms with Gasteiger partial charge in [0.1, 0.15) is 5.75 Å². The van der Waals surface area contributed by atoms with Crippen LogP contribution < -0.4 is 16.0 Å². The lowest BCUT2D eigenvalue weighted by atomic mass is 10.3. The van der Waals surface area contributed by atoms with Gasteiger partial charge in [0.25, 0.3) is 0 Å². The van der Waals surface area contributed by atoms with Crippen LogP contribution in [0.3, 0.4) is 0 Å². The molecule has 1 rings (SSSR count). The highest BCUT2D eigenvalue weighted by atomic mass is 16.5. The molecule has 0 bridgehead atoms. The van der Waals surface area contributed by atoms with Crippen LogP contribution in [0, 0.1) is 0 Å². The quantitative estimate of drug-likeness (QED) is 0.472.